The first-order valence-corrected chi connectivity index (χ1v) is 12.8. The number of aryl methyl sites for hydroxylation is 2. The highest BCUT2D eigenvalue weighted by Crippen LogP contribution is 2.37. The highest BCUT2D eigenvalue weighted by atomic mass is 32.2. The monoisotopic (exact) mass is 464 g/mol. The van der Waals surface area contributed by atoms with Crippen LogP contribution in [0.1, 0.15) is 17.5 Å². The second-order valence-corrected chi connectivity index (χ2v) is 10.7. The van der Waals surface area contributed by atoms with Crippen LogP contribution in [-0.2, 0) is 21.2 Å². The van der Waals surface area contributed by atoms with Gasteiger partial charge in [0.15, 0.2) is 0 Å². The molecule has 33 heavy (non-hydrogen) atoms. The number of carbonyl (C=O) groups is 1. The zero-order valence-corrected chi connectivity index (χ0v) is 19.8. The van der Waals surface area contributed by atoms with Gasteiger partial charge in [-0.1, -0.05) is 30.3 Å². The molecule has 0 spiro atoms. The topological polar surface area (TPSA) is 73.8 Å². The molecular formula is C25H28N4O3S. The Labute approximate surface area is 194 Å². The van der Waals surface area contributed by atoms with Gasteiger partial charge in [-0.15, -0.1) is 0 Å². The van der Waals surface area contributed by atoms with E-state index >= 15 is 0 Å². The van der Waals surface area contributed by atoms with Crippen molar-refractivity contribution < 1.29 is 13.2 Å². The molecular weight excluding hydrogens is 436 g/mol. The van der Waals surface area contributed by atoms with E-state index in [0.717, 1.165) is 29.6 Å². The minimum atomic E-state index is -4.05. The molecule has 1 atom stereocenters. The van der Waals surface area contributed by atoms with E-state index in [1.54, 1.807) is 24.4 Å². The van der Waals surface area contributed by atoms with Crippen LogP contribution < -0.4 is 4.31 Å². The lowest BCUT2D eigenvalue weighted by Crippen LogP contribution is -2.56. The van der Waals surface area contributed by atoms with Crippen LogP contribution in [0.2, 0.25) is 0 Å². The van der Waals surface area contributed by atoms with Crippen molar-refractivity contribution in [2.75, 3.05) is 37.5 Å². The molecule has 1 aromatic heterocycles. The van der Waals surface area contributed by atoms with Crippen molar-refractivity contribution in [2.45, 2.75) is 30.7 Å². The Hall–Kier alpha value is -2.97. The van der Waals surface area contributed by atoms with Gasteiger partial charge < -0.3 is 9.80 Å². The zero-order valence-electron chi connectivity index (χ0n) is 18.9. The van der Waals surface area contributed by atoms with E-state index in [1.807, 2.05) is 49.2 Å². The number of nitrogens with zero attached hydrogens (tertiary/aromatic N) is 4. The molecule has 1 saturated heterocycles. The van der Waals surface area contributed by atoms with Gasteiger partial charge in [-0.3, -0.25) is 14.1 Å². The number of sulfonamides is 1. The van der Waals surface area contributed by atoms with Gasteiger partial charge in [0.2, 0.25) is 5.91 Å². The molecule has 172 valence electrons. The molecule has 7 nitrogen and oxygen atoms in total. The van der Waals surface area contributed by atoms with Crippen molar-refractivity contribution in [1.29, 1.82) is 0 Å². The van der Waals surface area contributed by atoms with Crippen LogP contribution in [0, 0.1) is 6.92 Å². The van der Waals surface area contributed by atoms with Crippen LogP contribution in [0.5, 0.6) is 0 Å². The van der Waals surface area contributed by atoms with E-state index in [0.29, 0.717) is 37.1 Å². The zero-order chi connectivity index (χ0) is 23.2. The molecule has 2 aromatic carbocycles. The van der Waals surface area contributed by atoms with Crippen molar-refractivity contribution in [1.82, 2.24) is 14.8 Å². The molecule has 0 N–H and O–H groups in total. The number of anilines is 1. The SMILES string of the molecule is Cc1cnc2c(S(=O)(=O)N3c4ccccc4CC[C@@H]3C(=O)N3CCN(C)CC3)cccc2c1. The second-order valence-electron chi connectivity index (χ2n) is 8.95. The molecule has 0 bridgehead atoms. The average molecular weight is 465 g/mol. The Morgan fingerprint density at radius 2 is 1.79 bits per heavy atom. The number of benzene rings is 2. The molecule has 0 radical (unpaired) electrons. The lowest BCUT2D eigenvalue weighted by Gasteiger charge is -2.41. The van der Waals surface area contributed by atoms with Gasteiger partial charge >= 0.3 is 0 Å². The van der Waals surface area contributed by atoms with Gasteiger partial charge in [0, 0.05) is 37.8 Å². The number of para-hydroxylation sites is 2. The number of piperazine rings is 1. The largest absolute Gasteiger partial charge is 0.338 e. The predicted molar refractivity (Wildman–Crippen MR) is 129 cm³/mol. The molecule has 3 heterocycles. The first kappa shape index (κ1) is 21.9. The number of amides is 1. The fourth-order valence-electron chi connectivity index (χ4n) is 4.83. The van der Waals surface area contributed by atoms with Gasteiger partial charge in [0.25, 0.3) is 10.0 Å². The van der Waals surface area contributed by atoms with E-state index in [1.165, 1.54) is 4.31 Å². The van der Waals surface area contributed by atoms with Gasteiger partial charge in [-0.2, -0.15) is 0 Å². The molecule has 2 aliphatic rings. The van der Waals surface area contributed by atoms with Crippen LogP contribution in [0.4, 0.5) is 5.69 Å². The summed E-state index contributed by atoms with van der Waals surface area (Å²) >= 11 is 0. The third kappa shape index (κ3) is 3.87. The molecule has 0 saturated carbocycles. The standard InChI is InChI=1S/C25H28N4O3S/c1-18-16-20-7-5-9-23(24(20)26-17-18)33(31,32)29-21-8-4-3-6-19(21)10-11-22(29)25(30)28-14-12-27(2)13-15-28/h3-9,16-17,22H,10-15H2,1-2H3/t22-/m1/s1. The van der Waals surface area contributed by atoms with Crippen LogP contribution in [0.15, 0.2) is 59.6 Å². The first-order chi connectivity index (χ1) is 15.9. The fraction of sp³-hybridized carbons (Fsp3) is 0.360. The van der Waals surface area contributed by atoms with Crippen molar-refractivity contribution in [3.05, 3.63) is 65.9 Å². The summed E-state index contributed by atoms with van der Waals surface area (Å²) in [5.74, 6) is -0.120. The third-order valence-electron chi connectivity index (χ3n) is 6.65. The summed E-state index contributed by atoms with van der Waals surface area (Å²) in [5.41, 5.74) is 2.91. The van der Waals surface area contributed by atoms with Crippen molar-refractivity contribution in [2.24, 2.45) is 0 Å². The number of hydrogen-bond acceptors (Lipinski definition) is 5. The van der Waals surface area contributed by atoms with Gasteiger partial charge in [0.05, 0.1) is 11.2 Å². The fourth-order valence-corrected chi connectivity index (χ4v) is 6.67. The number of hydrogen-bond donors (Lipinski definition) is 0. The average Bonchev–Trinajstić information content (AvgIpc) is 2.82. The Kier molecular flexibility index (Phi) is 5.58. The van der Waals surface area contributed by atoms with Crippen molar-refractivity contribution in [3.8, 4) is 0 Å². The van der Waals surface area contributed by atoms with Gasteiger partial charge in [-0.25, -0.2) is 8.42 Å². The molecule has 1 amide bonds. The summed E-state index contributed by atoms with van der Waals surface area (Å²) in [6.07, 6.45) is 2.80. The van der Waals surface area contributed by atoms with E-state index in [9.17, 15) is 13.2 Å². The molecule has 5 rings (SSSR count). The third-order valence-corrected chi connectivity index (χ3v) is 8.50. The Bertz CT molecular complexity index is 1320. The maximum absolute atomic E-state index is 14.2. The Balaban J connectivity index is 1.63. The molecule has 0 aliphatic carbocycles. The normalized spacial score (nSPS) is 19.5. The van der Waals surface area contributed by atoms with E-state index in [4.69, 9.17) is 0 Å². The maximum Gasteiger partial charge on any atom is 0.267 e. The maximum atomic E-state index is 14.2. The molecule has 8 heteroatoms. The number of aromatic nitrogens is 1. The van der Waals surface area contributed by atoms with Crippen LogP contribution >= 0.6 is 0 Å². The lowest BCUT2D eigenvalue weighted by atomic mass is 9.97. The van der Waals surface area contributed by atoms with Crippen molar-refractivity contribution in [3.63, 3.8) is 0 Å². The molecule has 2 aliphatic heterocycles. The summed E-state index contributed by atoms with van der Waals surface area (Å²) in [7, 11) is -2.01. The minimum absolute atomic E-state index is 0.120. The minimum Gasteiger partial charge on any atom is -0.338 e. The van der Waals surface area contributed by atoms with E-state index < -0.39 is 16.1 Å². The Morgan fingerprint density at radius 1 is 1.03 bits per heavy atom. The van der Waals surface area contributed by atoms with Gasteiger partial charge in [0.1, 0.15) is 10.9 Å². The number of pyridine rings is 1. The summed E-state index contributed by atoms with van der Waals surface area (Å²) in [5, 5.41) is 0.767. The van der Waals surface area contributed by atoms with Crippen LogP contribution in [-0.4, -0.2) is 68.4 Å². The van der Waals surface area contributed by atoms with Gasteiger partial charge in [-0.05, 0) is 56.1 Å². The molecule has 1 fully saturated rings. The van der Waals surface area contributed by atoms with Crippen LogP contribution in [0.3, 0.4) is 0 Å². The lowest BCUT2D eigenvalue weighted by molar-refractivity contribution is -0.134. The predicted octanol–water partition coefficient (Wildman–Crippen LogP) is 2.83. The quantitative estimate of drug-likeness (QED) is 0.596. The summed E-state index contributed by atoms with van der Waals surface area (Å²) in [6, 6.07) is 13.8. The summed E-state index contributed by atoms with van der Waals surface area (Å²) < 4.78 is 29.8. The number of fused-ring (bicyclic) bond motifs is 2. The Morgan fingerprint density at radius 3 is 2.58 bits per heavy atom. The smallest absolute Gasteiger partial charge is 0.267 e. The molecule has 0 unspecified atom stereocenters. The highest BCUT2D eigenvalue weighted by molar-refractivity contribution is 7.93. The molecule has 3 aromatic rings. The first-order valence-electron chi connectivity index (χ1n) is 11.3. The number of rotatable bonds is 3. The summed E-state index contributed by atoms with van der Waals surface area (Å²) in [6.45, 7) is 4.72. The van der Waals surface area contributed by atoms with E-state index in [-0.39, 0.29) is 10.8 Å². The number of carbonyl (C=O) groups excluding carboxylic acids is 1. The van der Waals surface area contributed by atoms with Crippen LogP contribution in [0.25, 0.3) is 10.9 Å². The van der Waals surface area contributed by atoms with E-state index in [2.05, 4.69) is 9.88 Å². The highest BCUT2D eigenvalue weighted by Gasteiger charge is 2.42. The van der Waals surface area contributed by atoms with Crippen molar-refractivity contribution >= 4 is 32.5 Å². The number of likely N-dealkylation sites (N-methyl/N-ethyl adjacent to an activating group) is 1. The second kappa shape index (κ2) is 8.43. The summed E-state index contributed by atoms with van der Waals surface area (Å²) in [4.78, 5) is 22.2.